The Morgan fingerprint density at radius 2 is 1.86 bits per heavy atom. The number of para-hydroxylation sites is 1. The van der Waals surface area contributed by atoms with E-state index in [2.05, 4.69) is 12.2 Å². The number of methoxy groups -OCH3 is 2. The third-order valence-electron chi connectivity index (χ3n) is 4.60. The number of carbonyl (C=O) groups is 2. The maximum Gasteiger partial charge on any atom is 0.226 e. The quantitative estimate of drug-likeness (QED) is 0.748. The Hall–Kier alpha value is -3.02. The molecule has 0 saturated carbocycles. The van der Waals surface area contributed by atoms with E-state index in [0.29, 0.717) is 23.7 Å². The molecular weight excluding hydrogens is 356 g/mol. The van der Waals surface area contributed by atoms with Crippen molar-refractivity contribution in [2.45, 2.75) is 33.6 Å². The number of amides is 2. The molecule has 0 aromatic heterocycles. The summed E-state index contributed by atoms with van der Waals surface area (Å²) in [6.45, 7) is 5.86. The molecule has 6 heteroatoms. The van der Waals surface area contributed by atoms with E-state index in [1.54, 1.807) is 30.2 Å². The van der Waals surface area contributed by atoms with Gasteiger partial charge in [-0.15, -0.1) is 0 Å². The van der Waals surface area contributed by atoms with Crippen molar-refractivity contribution in [2.24, 2.45) is 0 Å². The third kappa shape index (κ3) is 5.03. The maximum atomic E-state index is 12.5. The lowest BCUT2D eigenvalue weighted by atomic mass is 10.0. The fourth-order valence-electron chi connectivity index (χ4n) is 3.15. The Labute approximate surface area is 166 Å². The van der Waals surface area contributed by atoms with Gasteiger partial charge >= 0.3 is 0 Å². The first-order valence-corrected chi connectivity index (χ1v) is 9.29. The average Bonchev–Trinajstić information content (AvgIpc) is 2.69. The van der Waals surface area contributed by atoms with Crippen LogP contribution >= 0.6 is 0 Å². The first kappa shape index (κ1) is 21.3. The molecule has 2 aromatic rings. The van der Waals surface area contributed by atoms with Crippen molar-refractivity contribution in [1.82, 2.24) is 0 Å². The van der Waals surface area contributed by atoms with Gasteiger partial charge in [-0.05, 0) is 36.6 Å². The minimum atomic E-state index is -0.193. The number of hydrogen-bond acceptors (Lipinski definition) is 4. The Balaban J connectivity index is 2.13. The summed E-state index contributed by atoms with van der Waals surface area (Å²) in [6, 6.07) is 11.2. The molecule has 0 aliphatic heterocycles. The molecule has 0 fully saturated rings. The summed E-state index contributed by atoms with van der Waals surface area (Å²) in [5, 5.41) is 2.84. The predicted molar refractivity (Wildman–Crippen MR) is 111 cm³/mol. The van der Waals surface area contributed by atoms with Crippen molar-refractivity contribution < 1.29 is 19.1 Å². The van der Waals surface area contributed by atoms with Crippen LogP contribution in [0.4, 0.5) is 11.4 Å². The average molecular weight is 384 g/mol. The lowest BCUT2D eigenvalue weighted by Gasteiger charge is -2.25. The zero-order valence-corrected chi connectivity index (χ0v) is 17.2. The number of carbonyl (C=O) groups excluding carboxylic acids is 2. The number of nitrogens with one attached hydrogen (secondary N) is 1. The van der Waals surface area contributed by atoms with E-state index in [1.807, 2.05) is 25.1 Å². The zero-order chi connectivity index (χ0) is 20.7. The molecule has 150 valence electrons. The standard InChI is InChI=1S/C22H28N2O4/c1-6-17-9-7-8-15(2)22(17)24(16(3)25)13-12-21(26)23-19-11-10-18(27-4)14-20(19)28-5/h7-11,14H,6,12-13H2,1-5H3,(H,23,26). The molecule has 0 unspecified atom stereocenters. The molecule has 1 N–H and O–H groups in total. The van der Waals surface area contributed by atoms with Gasteiger partial charge in [-0.2, -0.15) is 0 Å². The molecule has 0 aliphatic rings. The molecule has 0 heterocycles. The topological polar surface area (TPSA) is 67.9 Å². The van der Waals surface area contributed by atoms with Crippen LogP contribution in [-0.2, 0) is 16.0 Å². The summed E-state index contributed by atoms with van der Waals surface area (Å²) in [5.74, 6) is 0.882. The van der Waals surface area contributed by atoms with Gasteiger partial charge in [0.1, 0.15) is 11.5 Å². The van der Waals surface area contributed by atoms with Gasteiger partial charge in [0.05, 0.1) is 19.9 Å². The number of aryl methyl sites for hydroxylation is 2. The Morgan fingerprint density at radius 3 is 2.46 bits per heavy atom. The zero-order valence-electron chi connectivity index (χ0n) is 17.2. The molecule has 0 spiro atoms. The van der Waals surface area contributed by atoms with Crippen LogP contribution < -0.4 is 19.7 Å². The molecule has 0 aliphatic carbocycles. The fourth-order valence-corrected chi connectivity index (χ4v) is 3.15. The molecular formula is C22H28N2O4. The molecule has 2 amide bonds. The van der Waals surface area contributed by atoms with Crippen LogP contribution in [0.15, 0.2) is 36.4 Å². The van der Waals surface area contributed by atoms with Crippen molar-refractivity contribution in [3.8, 4) is 11.5 Å². The van der Waals surface area contributed by atoms with Crippen molar-refractivity contribution in [3.05, 3.63) is 47.5 Å². The lowest BCUT2D eigenvalue weighted by molar-refractivity contribution is -0.117. The lowest BCUT2D eigenvalue weighted by Crippen LogP contribution is -2.33. The van der Waals surface area contributed by atoms with Crippen molar-refractivity contribution in [1.29, 1.82) is 0 Å². The molecule has 0 bridgehead atoms. The Kier molecular flexibility index (Phi) is 7.44. The van der Waals surface area contributed by atoms with E-state index in [9.17, 15) is 9.59 Å². The van der Waals surface area contributed by atoms with E-state index in [4.69, 9.17) is 9.47 Å². The summed E-state index contributed by atoms with van der Waals surface area (Å²) in [6.07, 6.45) is 0.988. The molecule has 0 atom stereocenters. The molecule has 2 rings (SSSR count). The maximum absolute atomic E-state index is 12.5. The second-order valence-electron chi connectivity index (χ2n) is 6.47. The first-order valence-electron chi connectivity index (χ1n) is 9.29. The summed E-state index contributed by atoms with van der Waals surface area (Å²) in [5.41, 5.74) is 3.57. The van der Waals surface area contributed by atoms with Gasteiger partial charge in [-0.3, -0.25) is 9.59 Å². The number of nitrogens with zero attached hydrogens (tertiary/aromatic N) is 1. The summed E-state index contributed by atoms with van der Waals surface area (Å²) >= 11 is 0. The van der Waals surface area contributed by atoms with Gasteiger partial charge < -0.3 is 19.7 Å². The summed E-state index contributed by atoms with van der Waals surface area (Å²) < 4.78 is 10.5. The van der Waals surface area contributed by atoms with Crippen LogP contribution in [0.25, 0.3) is 0 Å². The largest absolute Gasteiger partial charge is 0.497 e. The van der Waals surface area contributed by atoms with E-state index >= 15 is 0 Å². The summed E-state index contributed by atoms with van der Waals surface area (Å²) in [7, 11) is 3.10. The van der Waals surface area contributed by atoms with Crippen molar-refractivity contribution >= 4 is 23.2 Å². The van der Waals surface area contributed by atoms with Gasteiger partial charge in [0.2, 0.25) is 11.8 Å². The van der Waals surface area contributed by atoms with E-state index in [-0.39, 0.29) is 18.2 Å². The summed E-state index contributed by atoms with van der Waals surface area (Å²) in [4.78, 5) is 26.4. The van der Waals surface area contributed by atoms with Crippen molar-refractivity contribution in [3.63, 3.8) is 0 Å². The molecule has 28 heavy (non-hydrogen) atoms. The van der Waals surface area contributed by atoms with Crippen LogP contribution in [0.3, 0.4) is 0 Å². The minimum absolute atomic E-state index is 0.0844. The highest BCUT2D eigenvalue weighted by atomic mass is 16.5. The predicted octanol–water partition coefficient (Wildman–Crippen LogP) is 3.96. The highest BCUT2D eigenvalue weighted by Gasteiger charge is 2.18. The van der Waals surface area contributed by atoms with Gasteiger partial charge in [-0.1, -0.05) is 25.1 Å². The second-order valence-corrected chi connectivity index (χ2v) is 6.47. The number of anilines is 2. The van der Waals surface area contributed by atoms with Gasteiger partial charge in [-0.25, -0.2) is 0 Å². The monoisotopic (exact) mass is 384 g/mol. The number of benzene rings is 2. The van der Waals surface area contributed by atoms with Crippen LogP contribution in [0.5, 0.6) is 11.5 Å². The Bertz CT molecular complexity index is 848. The minimum Gasteiger partial charge on any atom is -0.497 e. The molecule has 0 radical (unpaired) electrons. The van der Waals surface area contributed by atoms with E-state index in [0.717, 1.165) is 23.2 Å². The van der Waals surface area contributed by atoms with Crippen LogP contribution in [0.1, 0.15) is 31.4 Å². The third-order valence-corrected chi connectivity index (χ3v) is 4.60. The smallest absolute Gasteiger partial charge is 0.226 e. The Morgan fingerprint density at radius 1 is 1.11 bits per heavy atom. The van der Waals surface area contributed by atoms with Crippen LogP contribution in [-0.4, -0.2) is 32.6 Å². The van der Waals surface area contributed by atoms with E-state index < -0.39 is 0 Å². The number of hydrogen-bond donors (Lipinski definition) is 1. The van der Waals surface area contributed by atoms with Gasteiger partial charge in [0.15, 0.2) is 0 Å². The van der Waals surface area contributed by atoms with Crippen LogP contribution in [0.2, 0.25) is 0 Å². The van der Waals surface area contributed by atoms with Crippen molar-refractivity contribution in [2.75, 3.05) is 31.0 Å². The number of rotatable bonds is 8. The van der Waals surface area contributed by atoms with Gasteiger partial charge in [0, 0.05) is 31.6 Å². The number of ether oxygens (including phenoxy) is 2. The normalized spacial score (nSPS) is 10.3. The highest BCUT2D eigenvalue weighted by molar-refractivity contribution is 5.96. The first-order chi connectivity index (χ1) is 13.4. The van der Waals surface area contributed by atoms with Gasteiger partial charge in [0.25, 0.3) is 0 Å². The van der Waals surface area contributed by atoms with Crippen LogP contribution in [0, 0.1) is 6.92 Å². The molecule has 6 nitrogen and oxygen atoms in total. The molecule has 2 aromatic carbocycles. The SMILES string of the molecule is CCc1cccc(C)c1N(CCC(=O)Nc1ccc(OC)cc1OC)C(C)=O. The molecule has 0 saturated heterocycles. The highest BCUT2D eigenvalue weighted by Crippen LogP contribution is 2.29. The van der Waals surface area contributed by atoms with E-state index in [1.165, 1.54) is 14.0 Å². The second kappa shape index (κ2) is 9.78. The fraction of sp³-hybridized carbons (Fsp3) is 0.364.